The van der Waals surface area contributed by atoms with Crippen molar-refractivity contribution in [3.63, 3.8) is 0 Å². The minimum Gasteiger partial charge on any atom is -0.386 e. The molecule has 2 heterocycles. The Morgan fingerprint density at radius 1 is 1.38 bits per heavy atom. The number of nitrogens with one attached hydrogen (secondary N) is 1. The Hall–Kier alpha value is -1.35. The van der Waals surface area contributed by atoms with E-state index in [1.54, 1.807) is 11.3 Å². The lowest BCUT2D eigenvalue weighted by Crippen LogP contribution is -1.91. The number of anilines is 1. The second kappa shape index (κ2) is 3.58. The normalized spacial score (nSPS) is 9.92. The molecule has 0 aliphatic carbocycles. The molecule has 0 spiro atoms. The fourth-order valence-corrected chi connectivity index (χ4v) is 1.92. The van der Waals surface area contributed by atoms with Crippen LogP contribution in [0.25, 0.3) is 11.1 Å². The van der Waals surface area contributed by atoms with Gasteiger partial charge in [0.2, 0.25) is 0 Å². The van der Waals surface area contributed by atoms with Crippen LogP contribution in [0.2, 0.25) is 0 Å². The number of nitrogens with zero attached hydrogens (tertiary/aromatic N) is 1. The Kier molecular flexibility index (Phi) is 2.27. The zero-order valence-corrected chi connectivity index (χ0v) is 8.14. The first-order valence-electron chi connectivity index (χ1n) is 4.06. The van der Waals surface area contributed by atoms with Crippen LogP contribution in [-0.4, -0.2) is 12.0 Å². The van der Waals surface area contributed by atoms with Crippen molar-refractivity contribution >= 4 is 17.0 Å². The number of hydrogen-bond donors (Lipinski definition) is 1. The molecule has 0 saturated heterocycles. The Morgan fingerprint density at radius 2 is 2.31 bits per heavy atom. The van der Waals surface area contributed by atoms with Crippen LogP contribution in [0, 0.1) is 0 Å². The second-order valence-corrected chi connectivity index (χ2v) is 3.46. The van der Waals surface area contributed by atoms with Gasteiger partial charge in [0.15, 0.2) is 0 Å². The van der Waals surface area contributed by atoms with Gasteiger partial charge < -0.3 is 5.32 Å². The molecule has 3 heteroatoms. The molecule has 2 nitrogen and oxygen atoms in total. The molecule has 0 bridgehead atoms. The largest absolute Gasteiger partial charge is 0.386 e. The molecular weight excluding hydrogens is 180 g/mol. The van der Waals surface area contributed by atoms with Gasteiger partial charge >= 0.3 is 0 Å². The molecule has 1 N–H and O–H groups in total. The standard InChI is InChI=1S/C10H10N2S/c1-11-10-6-12-4-2-9(10)8-3-5-13-7-8/h2-7,11H,1H3. The van der Waals surface area contributed by atoms with Gasteiger partial charge in [-0.05, 0) is 28.5 Å². The summed E-state index contributed by atoms with van der Waals surface area (Å²) in [5.74, 6) is 0. The summed E-state index contributed by atoms with van der Waals surface area (Å²) in [7, 11) is 1.91. The van der Waals surface area contributed by atoms with E-state index in [1.165, 1.54) is 11.1 Å². The van der Waals surface area contributed by atoms with Crippen molar-refractivity contribution in [3.8, 4) is 11.1 Å². The van der Waals surface area contributed by atoms with Crippen LogP contribution in [0.5, 0.6) is 0 Å². The molecule has 2 aromatic rings. The van der Waals surface area contributed by atoms with Crippen molar-refractivity contribution in [2.45, 2.75) is 0 Å². The lowest BCUT2D eigenvalue weighted by atomic mass is 10.1. The van der Waals surface area contributed by atoms with Gasteiger partial charge in [0.25, 0.3) is 0 Å². The van der Waals surface area contributed by atoms with Gasteiger partial charge in [0.1, 0.15) is 0 Å². The number of pyridine rings is 1. The highest BCUT2D eigenvalue weighted by Crippen LogP contribution is 2.27. The van der Waals surface area contributed by atoms with E-state index in [9.17, 15) is 0 Å². The summed E-state index contributed by atoms with van der Waals surface area (Å²) in [6, 6.07) is 4.13. The van der Waals surface area contributed by atoms with Crippen LogP contribution in [0.3, 0.4) is 0 Å². The summed E-state index contributed by atoms with van der Waals surface area (Å²) in [5.41, 5.74) is 3.52. The van der Waals surface area contributed by atoms with E-state index in [-0.39, 0.29) is 0 Å². The molecule has 0 saturated carbocycles. The molecule has 2 aromatic heterocycles. The zero-order chi connectivity index (χ0) is 9.10. The molecule has 0 aliphatic heterocycles. The SMILES string of the molecule is CNc1cnccc1-c1ccsc1. The van der Waals surface area contributed by atoms with Crippen molar-refractivity contribution in [3.05, 3.63) is 35.3 Å². The number of rotatable bonds is 2. The van der Waals surface area contributed by atoms with Crippen LogP contribution in [0.4, 0.5) is 5.69 Å². The summed E-state index contributed by atoms with van der Waals surface area (Å²) in [6.07, 6.45) is 3.65. The third-order valence-corrected chi connectivity index (χ3v) is 2.61. The molecule has 0 amide bonds. The Bertz CT molecular complexity index is 382. The number of thiophene rings is 1. The van der Waals surface area contributed by atoms with Gasteiger partial charge in [-0.3, -0.25) is 4.98 Å². The van der Waals surface area contributed by atoms with Gasteiger partial charge in [-0.2, -0.15) is 11.3 Å². The maximum absolute atomic E-state index is 4.07. The average molecular weight is 190 g/mol. The molecule has 0 unspecified atom stereocenters. The lowest BCUT2D eigenvalue weighted by Gasteiger charge is -2.05. The monoisotopic (exact) mass is 190 g/mol. The van der Waals surface area contributed by atoms with Crippen LogP contribution in [0.15, 0.2) is 35.3 Å². The van der Waals surface area contributed by atoms with Crippen molar-refractivity contribution in [1.82, 2.24) is 4.98 Å². The van der Waals surface area contributed by atoms with Gasteiger partial charge in [-0.15, -0.1) is 0 Å². The third-order valence-electron chi connectivity index (χ3n) is 1.92. The van der Waals surface area contributed by atoms with Crippen molar-refractivity contribution in [2.24, 2.45) is 0 Å². The molecule has 66 valence electrons. The molecule has 0 aromatic carbocycles. The Balaban J connectivity index is 2.51. The van der Waals surface area contributed by atoms with Crippen LogP contribution in [-0.2, 0) is 0 Å². The predicted octanol–water partition coefficient (Wildman–Crippen LogP) is 2.85. The molecule has 0 fully saturated rings. The highest BCUT2D eigenvalue weighted by molar-refractivity contribution is 7.08. The van der Waals surface area contributed by atoms with E-state index in [0.29, 0.717) is 0 Å². The average Bonchev–Trinajstić information content (AvgIpc) is 2.70. The number of hydrogen-bond acceptors (Lipinski definition) is 3. The topological polar surface area (TPSA) is 24.9 Å². The first-order valence-corrected chi connectivity index (χ1v) is 5.00. The highest BCUT2D eigenvalue weighted by Gasteiger charge is 2.02. The summed E-state index contributed by atoms with van der Waals surface area (Å²) in [5, 5.41) is 7.34. The maximum Gasteiger partial charge on any atom is 0.0604 e. The van der Waals surface area contributed by atoms with Crippen molar-refractivity contribution < 1.29 is 0 Å². The van der Waals surface area contributed by atoms with Gasteiger partial charge in [-0.1, -0.05) is 0 Å². The Labute approximate surface area is 81.3 Å². The van der Waals surface area contributed by atoms with E-state index < -0.39 is 0 Å². The van der Waals surface area contributed by atoms with Crippen LogP contribution in [0.1, 0.15) is 0 Å². The predicted molar refractivity (Wildman–Crippen MR) is 57.1 cm³/mol. The second-order valence-electron chi connectivity index (χ2n) is 2.68. The fourth-order valence-electron chi connectivity index (χ4n) is 1.26. The molecule has 0 aliphatic rings. The lowest BCUT2D eigenvalue weighted by molar-refractivity contribution is 1.31. The molecule has 2 rings (SSSR count). The summed E-state index contributed by atoms with van der Waals surface area (Å²) >= 11 is 1.71. The zero-order valence-electron chi connectivity index (χ0n) is 7.32. The van der Waals surface area contributed by atoms with E-state index in [1.807, 2.05) is 25.5 Å². The first kappa shape index (κ1) is 8.26. The number of aromatic nitrogens is 1. The summed E-state index contributed by atoms with van der Waals surface area (Å²) < 4.78 is 0. The summed E-state index contributed by atoms with van der Waals surface area (Å²) in [4.78, 5) is 4.07. The highest BCUT2D eigenvalue weighted by atomic mass is 32.1. The smallest absolute Gasteiger partial charge is 0.0604 e. The van der Waals surface area contributed by atoms with Crippen LogP contribution < -0.4 is 5.32 Å². The third kappa shape index (κ3) is 1.55. The van der Waals surface area contributed by atoms with Crippen LogP contribution >= 0.6 is 11.3 Å². The van der Waals surface area contributed by atoms with Crippen molar-refractivity contribution in [1.29, 1.82) is 0 Å². The fraction of sp³-hybridized carbons (Fsp3) is 0.100. The van der Waals surface area contributed by atoms with Gasteiger partial charge in [-0.25, -0.2) is 0 Å². The van der Waals surface area contributed by atoms with Gasteiger partial charge in [0.05, 0.1) is 11.9 Å². The Morgan fingerprint density at radius 3 is 3.00 bits per heavy atom. The van der Waals surface area contributed by atoms with Crippen molar-refractivity contribution in [2.75, 3.05) is 12.4 Å². The molecule has 0 atom stereocenters. The summed E-state index contributed by atoms with van der Waals surface area (Å²) in [6.45, 7) is 0. The van der Waals surface area contributed by atoms with E-state index >= 15 is 0 Å². The van der Waals surface area contributed by atoms with E-state index in [4.69, 9.17) is 0 Å². The first-order chi connectivity index (χ1) is 6.42. The maximum atomic E-state index is 4.07. The quantitative estimate of drug-likeness (QED) is 0.787. The van der Waals surface area contributed by atoms with E-state index in [2.05, 4.69) is 27.1 Å². The van der Waals surface area contributed by atoms with Gasteiger partial charge in [0, 0.05) is 18.8 Å². The molecule has 13 heavy (non-hydrogen) atoms. The minimum atomic E-state index is 1.07. The molecule has 0 radical (unpaired) electrons. The minimum absolute atomic E-state index is 1.07. The molecular formula is C10H10N2S. The van der Waals surface area contributed by atoms with E-state index in [0.717, 1.165) is 5.69 Å².